The lowest BCUT2D eigenvalue weighted by molar-refractivity contribution is -0.137. The van der Waals surface area contributed by atoms with E-state index in [2.05, 4.69) is 10.3 Å². The number of benzene rings is 2. The Balaban J connectivity index is 2.04. The Morgan fingerprint density at radius 2 is 1.81 bits per heavy atom. The topological polar surface area (TPSA) is 48.7 Å². The van der Waals surface area contributed by atoms with Gasteiger partial charge in [-0.3, -0.25) is 4.98 Å². The summed E-state index contributed by atoms with van der Waals surface area (Å²) >= 11 is 0. The molecule has 3 aromatic rings. The zero-order valence-corrected chi connectivity index (χ0v) is 13.8. The van der Waals surface area contributed by atoms with Gasteiger partial charge >= 0.3 is 6.18 Å². The summed E-state index contributed by atoms with van der Waals surface area (Å²) < 4.78 is 52.4. The van der Waals surface area contributed by atoms with E-state index in [1.165, 1.54) is 24.3 Å². The van der Waals surface area contributed by atoms with Crippen LogP contribution in [-0.4, -0.2) is 4.98 Å². The van der Waals surface area contributed by atoms with Gasteiger partial charge in [0.15, 0.2) is 0 Å². The summed E-state index contributed by atoms with van der Waals surface area (Å²) in [5, 5.41) is 12.3. The highest BCUT2D eigenvalue weighted by molar-refractivity contribution is 5.61. The van der Waals surface area contributed by atoms with Crippen LogP contribution in [0, 0.1) is 17.1 Å². The average molecular weight is 371 g/mol. The van der Waals surface area contributed by atoms with Gasteiger partial charge in [-0.2, -0.15) is 18.4 Å². The van der Waals surface area contributed by atoms with Crippen molar-refractivity contribution >= 4 is 5.69 Å². The molecule has 136 valence electrons. The summed E-state index contributed by atoms with van der Waals surface area (Å²) in [7, 11) is 0. The number of hydrogen-bond acceptors (Lipinski definition) is 3. The molecule has 3 nitrogen and oxygen atoms in total. The average Bonchev–Trinajstić information content (AvgIpc) is 2.66. The van der Waals surface area contributed by atoms with E-state index in [0.717, 1.165) is 12.1 Å². The molecular formula is C20H13F4N3. The highest BCUT2D eigenvalue weighted by Gasteiger charge is 2.31. The molecule has 0 aliphatic rings. The number of nitrogens with one attached hydrogen (secondary N) is 1. The van der Waals surface area contributed by atoms with E-state index in [4.69, 9.17) is 0 Å². The van der Waals surface area contributed by atoms with Crippen LogP contribution >= 0.6 is 0 Å². The van der Waals surface area contributed by atoms with Crippen molar-refractivity contribution in [2.75, 3.05) is 5.32 Å². The van der Waals surface area contributed by atoms with E-state index in [9.17, 15) is 22.8 Å². The molecule has 7 heteroatoms. The smallest absolute Gasteiger partial charge is 0.372 e. The van der Waals surface area contributed by atoms with E-state index in [-0.39, 0.29) is 11.3 Å². The van der Waals surface area contributed by atoms with Crippen molar-refractivity contribution < 1.29 is 17.6 Å². The lowest BCUT2D eigenvalue weighted by Crippen LogP contribution is -2.15. The number of nitriles is 1. The maximum absolute atomic E-state index is 13.7. The fourth-order valence-corrected chi connectivity index (χ4v) is 2.66. The molecule has 1 aromatic heterocycles. The van der Waals surface area contributed by atoms with Crippen molar-refractivity contribution in [2.45, 2.75) is 12.2 Å². The molecule has 1 N–H and O–H groups in total. The molecule has 0 aliphatic heterocycles. The summed E-state index contributed by atoms with van der Waals surface area (Å²) in [6, 6.07) is 15.0. The number of aromatic nitrogens is 1. The number of hydrogen-bond donors (Lipinski definition) is 1. The monoisotopic (exact) mass is 371 g/mol. The van der Waals surface area contributed by atoms with Crippen molar-refractivity contribution in [1.82, 2.24) is 4.98 Å². The minimum absolute atomic E-state index is 0.165. The molecule has 0 radical (unpaired) electrons. The third-order valence-corrected chi connectivity index (χ3v) is 3.93. The molecule has 0 bridgehead atoms. The Morgan fingerprint density at radius 1 is 1.00 bits per heavy atom. The van der Waals surface area contributed by atoms with Crippen LogP contribution in [0.3, 0.4) is 0 Å². The van der Waals surface area contributed by atoms with Crippen LogP contribution in [0.2, 0.25) is 0 Å². The van der Waals surface area contributed by atoms with Crippen molar-refractivity contribution in [1.29, 1.82) is 5.26 Å². The maximum atomic E-state index is 13.7. The van der Waals surface area contributed by atoms with Crippen molar-refractivity contribution in [3.8, 4) is 6.07 Å². The number of rotatable bonds is 4. The molecule has 0 amide bonds. The van der Waals surface area contributed by atoms with Crippen LogP contribution < -0.4 is 5.32 Å². The van der Waals surface area contributed by atoms with E-state index in [1.807, 2.05) is 0 Å². The first-order chi connectivity index (χ1) is 12.9. The molecule has 0 spiro atoms. The van der Waals surface area contributed by atoms with Crippen molar-refractivity contribution in [3.05, 3.63) is 95.1 Å². The molecule has 27 heavy (non-hydrogen) atoms. The van der Waals surface area contributed by atoms with E-state index >= 15 is 0 Å². The van der Waals surface area contributed by atoms with Gasteiger partial charge < -0.3 is 5.32 Å². The number of alkyl halides is 3. The molecule has 1 unspecified atom stereocenters. The second kappa shape index (κ2) is 7.46. The second-order valence-electron chi connectivity index (χ2n) is 5.76. The highest BCUT2D eigenvalue weighted by Crippen LogP contribution is 2.33. The molecule has 0 aliphatic carbocycles. The second-order valence-corrected chi connectivity index (χ2v) is 5.76. The first kappa shape index (κ1) is 18.4. The summed E-state index contributed by atoms with van der Waals surface area (Å²) in [6.45, 7) is 0. The minimum Gasteiger partial charge on any atom is -0.372 e. The molecule has 3 rings (SSSR count). The lowest BCUT2D eigenvalue weighted by Gasteiger charge is -2.21. The largest absolute Gasteiger partial charge is 0.416 e. The van der Waals surface area contributed by atoms with Crippen LogP contribution in [0.15, 0.2) is 66.9 Å². The van der Waals surface area contributed by atoms with Gasteiger partial charge in [0.05, 0.1) is 28.6 Å². The van der Waals surface area contributed by atoms with Gasteiger partial charge in [-0.25, -0.2) is 4.39 Å². The van der Waals surface area contributed by atoms with Crippen LogP contribution in [0.25, 0.3) is 0 Å². The third-order valence-electron chi connectivity index (χ3n) is 3.93. The predicted octanol–water partition coefficient (Wildman–Crippen LogP) is 5.31. The molecular weight excluding hydrogens is 358 g/mol. The molecule has 1 atom stereocenters. The normalized spacial score (nSPS) is 12.3. The van der Waals surface area contributed by atoms with Gasteiger partial charge in [-0.05, 0) is 48.0 Å². The molecule has 2 aromatic carbocycles. The standard InChI is InChI=1S/C20H13F4N3/c21-16-5-3-4-13(11-16)19(18-6-1-2-9-26-18)27-17-8-7-15(20(22,23)24)10-14(17)12-25/h1-11,19,27H. The summed E-state index contributed by atoms with van der Waals surface area (Å²) in [6.07, 6.45) is -2.99. The summed E-state index contributed by atoms with van der Waals surface area (Å²) in [5.74, 6) is -0.455. The number of pyridine rings is 1. The molecule has 0 saturated carbocycles. The predicted molar refractivity (Wildman–Crippen MR) is 92.3 cm³/mol. The van der Waals surface area contributed by atoms with Gasteiger partial charge in [-0.15, -0.1) is 0 Å². The van der Waals surface area contributed by atoms with Crippen LogP contribution in [-0.2, 0) is 6.18 Å². The number of nitrogens with zero attached hydrogens (tertiary/aromatic N) is 2. The molecule has 0 fully saturated rings. The highest BCUT2D eigenvalue weighted by atomic mass is 19.4. The Bertz CT molecular complexity index is 979. The fraction of sp³-hybridized carbons (Fsp3) is 0.100. The van der Waals surface area contributed by atoms with Crippen LogP contribution in [0.1, 0.15) is 28.4 Å². The zero-order chi connectivity index (χ0) is 19.4. The van der Waals surface area contributed by atoms with Gasteiger partial charge in [0.25, 0.3) is 0 Å². The number of halogens is 4. The first-order valence-corrected chi connectivity index (χ1v) is 7.93. The zero-order valence-electron chi connectivity index (χ0n) is 13.8. The van der Waals surface area contributed by atoms with Crippen LogP contribution in [0.4, 0.5) is 23.2 Å². The van der Waals surface area contributed by atoms with E-state index in [1.54, 1.807) is 36.5 Å². The Labute approximate surface area is 152 Å². The SMILES string of the molecule is N#Cc1cc(C(F)(F)F)ccc1NC(c1cccc(F)c1)c1ccccn1. The van der Waals surface area contributed by atoms with E-state index in [0.29, 0.717) is 11.3 Å². The Hall–Kier alpha value is -3.40. The maximum Gasteiger partial charge on any atom is 0.416 e. The minimum atomic E-state index is -4.55. The van der Waals surface area contributed by atoms with Crippen LogP contribution in [0.5, 0.6) is 0 Å². The third kappa shape index (κ3) is 4.23. The first-order valence-electron chi connectivity index (χ1n) is 7.93. The van der Waals surface area contributed by atoms with Crippen molar-refractivity contribution in [2.24, 2.45) is 0 Å². The summed E-state index contributed by atoms with van der Waals surface area (Å²) in [4.78, 5) is 4.25. The lowest BCUT2D eigenvalue weighted by atomic mass is 10.0. The van der Waals surface area contributed by atoms with Gasteiger partial charge in [0.2, 0.25) is 0 Å². The van der Waals surface area contributed by atoms with Crippen molar-refractivity contribution in [3.63, 3.8) is 0 Å². The molecule has 1 heterocycles. The van der Waals surface area contributed by atoms with E-state index < -0.39 is 23.6 Å². The Kier molecular flexibility index (Phi) is 5.08. The molecule has 0 saturated heterocycles. The van der Waals surface area contributed by atoms with Gasteiger partial charge in [0.1, 0.15) is 11.9 Å². The number of anilines is 1. The summed E-state index contributed by atoms with van der Waals surface area (Å²) in [5.41, 5.74) is 0.182. The van der Waals surface area contributed by atoms with Gasteiger partial charge in [0, 0.05) is 6.20 Å². The quantitative estimate of drug-likeness (QED) is 0.632. The van der Waals surface area contributed by atoms with Gasteiger partial charge in [-0.1, -0.05) is 18.2 Å². The fourth-order valence-electron chi connectivity index (χ4n) is 2.66. The Morgan fingerprint density at radius 3 is 2.44 bits per heavy atom.